The number of furan rings is 1. The summed E-state index contributed by atoms with van der Waals surface area (Å²) in [4.78, 5) is 13.1. The van der Waals surface area contributed by atoms with E-state index in [0.717, 1.165) is 0 Å². The molecule has 3 rings (SSSR count). The Labute approximate surface area is 153 Å². The van der Waals surface area contributed by atoms with Crippen LogP contribution in [0.4, 0.5) is 0 Å². The molecule has 0 unspecified atom stereocenters. The first-order valence-corrected chi connectivity index (χ1v) is 8.08. The number of aromatic hydroxyl groups is 5. The number of carbonyl (C=O) groups is 1. The molecule has 5 N–H and O–H groups in total. The van der Waals surface area contributed by atoms with Gasteiger partial charge in [-0.2, -0.15) is 0 Å². The minimum absolute atomic E-state index is 0.0378. The molecule has 8 nitrogen and oxygen atoms in total. The highest BCUT2D eigenvalue weighted by molar-refractivity contribution is 6.19. The molecule has 0 radical (unpaired) electrons. The number of carbonyl (C=O) groups excluding carboxylic acids is 1. The number of hydrogen-bond acceptors (Lipinski definition) is 8. The third-order valence-electron chi connectivity index (χ3n) is 4.30. The van der Waals surface area contributed by atoms with Crippen molar-refractivity contribution in [2.75, 3.05) is 7.11 Å². The molecule has 3 aromatic rings. The van der Waals surface area contributed by atoms with Gasteiger partial charge in [-0.3, -0.25) is 4.79 Å². The van der Waals surface area contributed by atoms with Crippen LogP contribution in [0.2, 0.25) is 0 Å². The monoisotopic (exact) mass is 374 g/mol. The molecule has 0 atom stereocenters. The van der Waals surface area contributed by atoms with Crippen molar-refractivity contribution in [2.45, 2.75) is 20.0 Å². The molecule has 1 heterocycles. The normalized spacial score (nSPS) is 11.2. The van der Waals surface area contributed by atoms with Crippen molar-refractivity contribution in [1.82, 2.24) is 0 Å². The molecule has 0 bridgehead atoms. The van der Waals surface area contributed by atoms with Gasteiger partial charge in [0.25, 0.3) is 0 Å². The number of ether oxygens (including phenoxy) is 1. The zero-order chi connectivity index (χ0) is 19.9. The van der Waals surface area contributed by atoms with Gasteiger partial charge in [-0.05, 0) is 18.2 Å². The molecule has 1 aromatic heterocycles. The van der Waals surface area contributed by atoms with Gasteiger partial charge in [-0.15, -0.1) is 0 Å². The lowest BCUT2D eigenvalue weighted by Gasteiger charge is -2.08. The number of phenols is 5. The van der Waals surface area contributed by atoms with E-state index < -0.39 is 28.8 Å². The zero-order valence-corrected chi connectivity index (χ0v) is 14.6. The van der Waals surface area contributed by atoms with Crippen molar-refractivity contribution < 1.29 is 39.5 Å². The van der Waals surface area contributed by atoms with Crippen LogP contribution in [-0.4, -0.2) is 38.4 Å². The number of benzene rings is 2. The Morgan fingerprint density at radius 2 is 1.70 bits per heavy atom. The second kappa shape index (κ2) is 6.73. The Morgan fingerprint density at radius 3 is 2.33 bits per heavy atom. The molecular weight excluding hydrogens is 356 g/mol. The Hall–Kier alpha value is -3.39. The lowest BCUT2D eigenvalue weighted by Crippen LogP contribution is -2.05. The van der Waals surface area contributed by atoms with Gasteiger partial charge in [0.2, 0.25) is 17.2 Å². The molecular formula is C19H18O8. The quantitative estimate of drug-likeness (QED) is 0.261. The molecule has 0 aliphatic heterocycles. The van der Waals surface area contributed by atoms with Gasteiger partial charge in [0, 0.05) is 24.7 Å². The second-order valence-corrected chi connectivity index (χ2v) is 5.96. The Bertz CT molecular complexity index is 1050. The van der Waals surface area contributed by atoms with Crippen molar-refractivity contribution in [3.63, 3.8) is 0 Å². The summed E-state index contributed by atoms with van der Waals surface area (Å²) < 4.78 is 10.5. The number of methoxy groups -OCH3 is 1. The maximum Gasteiger partial charge on any atom is 0.208 e. The van der Waals surface area contributed by atoms with E-state index in [0.29, 0.717) is 5.56 Å². The Kier molecular flexibility index (Phi) is 4.59. The zero-order valence-electron chi connectivity index (χ0n) is 14.6. The number of rotatable bonds is 5. The van der Waals surface area contributed by atoms with Gasteiger partial charge in [0.05, 0.1) is 17.6 Å². The third-order valence-corrected chi connectivity index (χ3v) is 4.30. The van der Waals surface area contributed by atoms with Gasteiger partial charge >= 0.3 is 0 Å². The second-order valence-electron chi connectivity index (χ2n) is 5.96. The van der Waals surface area contributed by atoms with E-state index in [2.05, 4.69) is 0 Å². The molecule has 0 aliphatic rings. The van der Waals surface area contributed by atoms with Crippen LogP contribution in [0.5, 0.6) is 28.7 Å². The molecule has 27 heavy (non-hydrogen) atoms. The average molecular weight is 374 g/mol. The standard InChI is InChI=1S/C19H18O8/c1-3-11-12(13-15(22)16(23)17(24)18(25)19(13)27-11)14(21)8-4-5-10(20)9(6-8)7-26-2/h4-6,20,22-25H,3,7H2,1-2H3. The van der Waals surface area contributed by atoms with Crippen LogP contribution < -0.4 is 0 Å². The molecule has 0 spiro atoms. The maximum atomic E-state index is 13.1. The van der Waals surface area contributed by atoms with Crippen LogP contribution >= 0.6 is 0 Å². The van der Waals surface area contributed by atoms with Crippen molar-refractivity contribution in [2.24, 2.45) is 0 Å². The summed E-state index contributed by atoms with van der Waals surface area (Å²) in [7, 11) is 1.45. The van der Waals surface area contributed by atoms with Crippen molar-refractivity contribution >= 4 is 16.8 Å². The molecule has 0 saturated heterocycles. The fourth-order valence-corrected chi connectivity index (χ4v) is 2.95. The van der Waals surface area contributed by atoms with Crippen LogP contribution in [0.3, 0.4) is 0 Å². The van der Waals surface area contributed by atoms with E-state index >= 15 is 0 Å². The fraction of sp³-hybridized carbons (Fsp3) is 0.211. The summed E-state index contributed by atoms with van der Waals surface area (Å²) in [6, 6.07) is 4.18. The lowest BCUT2D eigenvalue weighted by atomic mass is 9.97. The molecule has 142 valence electrons. The number of aryl methyl sites for hydroxylation is 1. The minimum Gasteiger partial charge on any atom is -0.508 e. The number of fused-ring (bicyclic) bond motifs is 1. The predicted molar refractivity (Wildman–Crippen MR) is 94.5 cm³/mol. The van der Waals surface area contributed by atoms with Gasteiger partial charge in [-0.1, -0.05) is 6.92 Å². The summed E-state index contributed by atoms with van der Waals surface area (Å²) in [5.41, 5.74) is 0.217. The summed E-state index contributed by atoms with van der Waals surface area (Å²) in [6.45, 7) is 1.79. The summed E-state index contributed by atoms with van der Waals surface area (Å²) in [5, 5.41) is 49.4. The average Bonchev–Trinajstić information content (AvgIpc) is 3.05. The molecule has 0 fully saturated rings. The van der Waals surface area contributed by atoms with E-state index in [-0.39, 0.29) is 46.6 Å². The summed E-state index contributed by atoms with van der Waals surface area (Å²) in [5.74, 6) is -3.88. The van der Waals surface area contributed by atoms with E-state index in [1.165, 1.54) is 25.3 Å². The highest BCUT2D eigenvalue weighted by Gasteiger charge is 2.30. The van der Waals surface area contributed by atoms with Gasteiger partial charge < -0.3 is 34.7 Å². The summed E-state index contributed by atoms with van der Waals surface area (Å²) >= 11 is 0. The highest BCUT2D eigenvalue weighted by Crippen LogP contribution is 2.51. The minimum atomic E-state index is -0.955. The van der Waals surface area contributed by atoms with E-state index in [4.69, 9.17) is 9.15 Å². The third kappa shape index (κ3) is 2.80. The molecule has 0 aliphatic carbocycles. The van der Waals surface area contributed by atoms with Crippen LogP contribution in [0.25, 0.3) is 11.0 Å². The molecule has 0 saturated carbocycles. The largest absolute Gasteiger partial charge is 0.508 e. The number of phenolic OH excluding ortho intramolecular Hbond substituents is 5. The van der Waals surface area contributed by atoms with E-state index in [1.807, 2.05) is 0 Å². The topological polar surface area (TPSA) is 141 Å². The molecule has 8 heteroatoms. The van der Waals surface area contributed by atoms with Crippen molar-refractivity contribution in [3.8, 4) is 28.7 Å². The van der Waals surface area contributed by atoms with Crippen LogP contribution in [0, 0.1) is 0 Å². The fourth-order valence-electron chi connectivity index (χ4n) is 2.95. The van der Waals surface area contributed by atoms with E-state index in [9.17, 15) is 30.3 Å². The molecule has 2 aromatic carbocycles. The first kappa shape index (κ1) is 18.4. The number of hydrogen-bond donors (Lipinski definition) is 5. The number of ketones is 1. The summed E-state index contributed by atoms with van der Waals surface area (Å²) in [6.07, 6.45) is 0.249. The van der Waals surface area contributed by atoms with Crippen LogP contribution in [-0.2, 0) is 17.8 Å². The molecule has 0 amide bonds. The van der Waals surface area contributed by atoms with Gasteiger partial charge in [0.1, 0.15) is 11.5 Å². The van der Waals surface area contributed by atoms with E-state index in [1.54, 1.807) is 6.92 Å². The first-order valence-electron chi connectivity index (χ1n) is 8.08. The Balaban J connectivity index is 2.28. The van der Waals surface area contributed by atoms with Gasteiger partial charge in [-0.25, -0.2) is 0 Å². The van der Waals surface area contributed by atoms with Gasteiger partial charge in [0.15, 0.2) is 17.1 Å². The van der Waals surface area contributed by atoms with Crippen molar-refractivity contribution in [1.29, 1.82) is 0 Å². The smallest absolute Gasteiger partial charge is 0.208 e. The Morgan fingerprint density at radius 1 is 1.04 bits per heavy atom. The van der Waals surface area contributed by atoms with Crippen LogP contribution in [0.1, 0.15) is 34.2 Å². The lowest BCUT2D eigenvalue weighted by molar-refractivity contribution is 0.103. The van der Waals surface area contributed by atoms with Crippen LogP contribution in [0.15, 0.2) is 22.6 Å². The highest BCUT2D eigenvalue weighted by atomic mass is 16.5. The first-order chi connectivity index (χ1) is 12.8. The maximum absolute atomic E-state index is 13.1. The van der Waals surface area contributed by atoms with Crippen molar-refractivity contribution in [3.05, 3.63) is 40.6 Å². The SMILES string of the molecule is CCc1oc2c(O)c(O)c(O)c(O)c2c1C(=O)c1ccc(O)c(COC)c1. The predicted octanol–water partition coefficient (Wildman–Crippen LogP) is 2.90.